The Morgan fingerprint density at radius 1 is 0.920 bits per heavy atom. The molecule has 0 spiro atoms. The molecule has 0 fully saturated rings. The first-order chi connectivity index (χ1) is 12.4. The number of hydrogen-bond donors (Lipinski definition) is 1. The molecule has 6 heteroatoms. The van der Waals surface area contributed by atoms with Crippen molar-refractivity contribution in [1.29, 1.82) is 0 Å². The summed E-state index contributed by atoms with van der Waals surface area (Å²) in [5.41, 5.74) is 2.08. The fraction of sp³-hybridized carbons (Fsp3) is 0.0526. The number of thiophene rings is 1. The van der Waals surface area contributed by atoms with Gasteiger partial charge in [0.25, 0.3) is 0 Å². The average molecular weight is 347 g/mol. The highest BCUT2D eigenvalue weighted by Gasteiger charge is 2.15. The molecule has 0 saturated carbocycles. The van der Waals surface area contributed by atoms with E-state index in [0.717, 1.165) is 33.2 Å². The van der Waals surface area contributed by atoms with Crippen LogP contribution < -0.4 is 14.8 Å². The van der Waals surface area contributed by atoms with E-state index in [9.17, 15) is 0 Å². The van der Waals surface area contributed by atoms with Gasteiger partial charge in [-0.05, 0) is 23.8 Å². The molecule has 122 valence electrons. The lowest BCUT2D eigenvalue weighted by Crippen LogP contribution is -1.94. The van der Waals surface area contributed by atoms with Crippen LogP contribution >= 0.6 is 11.3 Å². The maximum Gasteiger partial charge on any atom is 0.231 e. The number of nitrogens with zero attached hydrogens (tertiary/aromatic N) is 2. The van der Waals surface area contributed by atoms with Crippen molar-refractivity contribution in [1.82, 2.24) is 9.97 Å². The van der Waals surface area contributed by atoms with E-state index in [4.69, 9.17) is 9.47 Å². The van der Waals surface area contributed by atoms with E-state index in [-0.39, 0.29) is 6.79 Å². The largest absolute Gasteiger partial charge is 0.454 e. The van der Waals surface area contributed by atoms with Gasteiger partial charge in [-0.2, -0.15) is 0 Å². The molecule has 0 amide bonds. The van der Waals surface area contributed by atoms with Crippen molar-refractivity contribution in [2.75, 3.05) is 12.1 Å². The fourth-order valence-corrected chi connectivity index (χ4v) is 3.82. The van der Waals surface area contributed by atoms with Crippen molar-refractivity contribution in [2.24, 2.45) is 0 Å². The summed E-state index contributed by atoms with van der Waals surface area (Å²) in [6.07, 6.45) is 1.59. The van der Waals surface area contributed by atoms with Gasteiger partial charge >= 0.3 is 0 Å². The predicted octanol–water partition coefficient (Wildman–Crippen LogP) is 4.83. The van der Waals surface area contributed by atoms with Gasteiger partial charge in [0.05, 0.1) is 5.39 Å². The van der Waals surface area contributed by atoms with Crippen LogP contribution in [0.1, 0.15) is 0 Å². The monoisotopic (exact) mass is 347 g/mol. The van der Waals surface area contributed by atoms with Gasteiger partial charge in [-0.15, -0.1) is 11.3 Å². The molecule has 0 unspecified atom stereocenters. The molecule has 1 N–H and O–H groups in total. The number of anilines is 2. The van der Waals surface area contributed by atoms with Crippen LogP contribution in [0.15, 0.2) is 60.9 Å². The van der Waals surface area contributed by atoms with Crippen molar-refractivity contribution >= 4 is 33.1 Å². The first kappa shape index (κ1) is 14.2. The molecule has 0 bridgehead atoms. The van der Waals surface area contributed by atoms with Crippen LogP contribution in [0.5, 0.6) is 11.5 Å². The van der Waals surface area contributed by atoms with Gasteiger partial charge in [0.2, 0.25) is 6.79 Å². The summed E-state index contributed by atoms with van der Waals surface area (Å²) < 4.78 is 10.8. The normalized spacial score (nSPS) is 12.5. The topological polar surface area (TPSA) is 56.3 Å². The summed E-state index contributed by atoms with van der Waals surface area (Å²) in [6.45, 7) is 0.265. The zero-order chi connectivity index (χ0) is 16.6. The van der Waals surface area contributed by atoms with Crippen LogP contribution in [-0.4, -0.2) is 16.8 Å². The standard InChI is InChI=1S/C19H13N3O2S/c1-2-4-12(5-3-1)17-9-14-18(20-10-21-19(14)25-17)22-13-6-7-15-16(8-13)24-11-23-15/h1-10H,11H2,(H,20,21,22). The molecular formula is C19H13N3O2S. The Bertz CT molecular complexity index is 1060. The lowest BCUT2D eigenvalue weighted by Gasteiger charge is -2.07. The van der Waals surface area contributed by atoms with Gasteiger partial charge in [-0.25, -0.2) is 9.97 Å². The minimum atomic E-state index is 0.265. The fourth-order valence-electron chi connectivity index (χ4n) is 2.81. The Balaban J connectivity index is 1.54. The number of rotatable bonds is 3. The number of hydrogen-bond acceptors (Lipinski definition) is 6. The summed E-state index contributed by atoms with van der Waals surface area (Å²) in [5.74, 6) is 2.29. The Kier molecular flexibility index (Phi) is 3.28. The van der Waals surface area contributed by atoms with E-state index in [1.807, 2.05) is 36.4 Å². The molecule has 1 aliphatic heterocycles. The highest BCUT2D eigenvalue weighted by atomic mass is 32.1. The summed E-state index contributed by atoms with van der Waals surface area (Å²) in [4.78, 5) is 11.0. The lowest BCUT2D eigenvalue weighted by molar-refractivity contribution is 0.174. The molecule has 2 aromatic heterocycles. The zero-order valence-electron chi connectivity index (χ0n) is 13.1. The summed E-state index contributed by atoms with van der Waals surface area (Å²) in [6, 6.07) is 18.2. The maximum absolute atomic E-state index is 5.43. The SMILES string of the molecule is c1ccc(-c2cc3c(Nc4ccc5c(c4)OCO5)ncnc3s2)cc1. The van der Waals surface area contributed by atoms with Gasteiger partial charge in [0.1, 0.15) is 17.0 Å². The van der Waals surface area contributed by atoms with Gasteiger partial charge in [-0.1, -0.05) is 30.3 Å². The highest BCUT2D eigenvalue weighted by molar-refractivity contribution is 7.21. The third-order valence-electron chi connectivity index (χ3n) is 4.02. The first-order valence-corrected chi connectivity index (χ1v) is 8.65. The smallest absolute Gasteiger partial charge is 0.231 e. The quantitative estimate of drug-likeness (QED) is 0.575. The van der Waals surface area contributed by atoms with Gasteiger partial charge < -0.3 is 14.8 Å². The first-order valence-electron chi connectivity index (χ1n) is 7.83. The van der Waals surface area contributed by atoms with Gasteiger partial charge in [-0.3, -0.25) is 0 Å². The molecule has 25 heavy (non-hydrogen) atoms. The second-order valence-electron chi connectivity index (χ2n) is 5.61. The number of fused-ring (bicyclic) bond motifs is 2. The second-order valence-corrected chi connectivity index (χ2v) is 6.64. The van der Waals surface area contributed by atoms with E-state index in [1.165, 1.54) is 10.4 Å². The Morgan fingerprint density at radius 3 is 2.72 bits per heavy atom. The molecule has 0 atom stereocenters. The molecular weight excluding hydrogens is 334 g/mol. The zero-order valence-corrected chi connectivity index (χ0v) is 13.9. The van der Waals surface area contributed by atoms with E-state index < -0.39 is 0 Å². The van der Waals surface area contributed by atoms with Crippen molar-refractivity contribution in [3.8, 4) is 21.9 Å². The second kappa shape index (κ2) is 5.75. The molecule has 0 aliphatic carbocycles. The third kappa shape index (κ3) is 2.56. The molecule has 0 radical (unpaired) electrons. The van der Waals surface area contributed by atoms with Crippen LogP contribution in [0.25, 0.3) is 20.7 Å². The third-order valence-corrected chi connectivity index (χ3v) is 5.12. The number of ether oxygens (including phenoxy) is 2. The van der Waals surface area contributed by atoms with Crippen LogP contribution in [0.4, 0.5) is 11.5 Å². The Morgan fingerprint density at radius 2 is 1.80 bits per heavy atom. The van der Waals surface area contributed by atoms with Crippen molar-refractivity contribution in [2.45, 2.75) is 0 Å². The van der Waals surface area contributed by atoms with Crippen molar-refractivity contribution < 1.29 is 9.47 Å². The van der Waals surface area contributed by atoms with Crippen molar-refractivity contribution in [3.05, 3.63) is 60.9 Å². The highest BCUT2D eigenvalue weighted by Crippen LogP contribution is 2.38. The molecule has 5 nitrogen and oxygen atoms in total. The molecule has 1 aliphatic rings. The van der Waals surface area contributed by atoms with Crippen LogP contribution in [0.3, 0.4) is 0 Å². The summed E-state index contributed by atoms with van der Waals surface area (Å²) in [5, 5.41) is 4.37. The summed E-state index contributed by atoms with van der Waals surface area (Å²) in [7, 11) is 0. The summed E-state index contributed by atoms with van der Waals surface area (Å²) >= 11 is 1.66. The van der Waals surface area contributed by atoms with E-state index in [2.05, 4.69) is 33.5 Å². The minimum Gasteiger partial charge on any atom is -0.454 e. The maximum atomic E-state index is 5.43. The van der Waals surface area contributed by atoms with Crippen LogP contribution in [0.2, 0.25) is 0 Å². The molecule has 5 rings (SSSR count). The molecule has 4 aromatic rings. The van der Waals surface area contributed by atoms with Gasteiger partial charge in [0, 0.05) is 16.6 Å². The number of benzene rings is 2. The molecule has 0 saturated heterocycles. The Labute approximate surface area is 147 Å². The average Bonchev–Trinajstić information content (AvgIpc) is 3.29. The molecule has 2 aromatic carbocycles. The minimum absolute atomic E-state index is 0.265. The Hall–Kier alpha value is -3.12. The van der Waals surface area contributed by atoms with E-state index in [1.54, 1.807) is 17.7 Å². The van der Waals surface area contributed by atoms with Crippen LogP contribution in [-0.2, 0) is 0 Å². The lowest BCUT2D eigenvalue weighted by atomic mass is 10.2. The van der Waals surface area contributed by atoms with Crippen LogP contribution in [0, 0.1) is 0 Å². The molecule has 3 heterocycles. The van der Waals surface area contributed by atoms with Gasteiger partial charge in [0.15, 0.2) is 11.5 Å². The van der Waals surface area contributed by atoms with Crippen molar-refractivity contribution in [3.63, 3.8) is 0 Å². The predicted molar refractivity (Wildman–Crippen MR) is 98.7 cm³/mol. The van der Waals surface area contributed by atoms with E-state index in [0.29, 0.717) is 0 Å². The number of aromatic nitrogens is 2. The van der Waals surface area contributed by atoms with E-state index >= 15 is 0 Å². The number of nitrogens with one attached hydrogen (secondary N) is 1.